The summed E-state index contributed by atoms with van der Waals surface area (Å²) in [5, 5.41) is 0. The zero-order valence-corrected chi connectivity index (χ0v) is 6.19. The third-order valence-corrected chi connectivity index (χ3v) is 2.56. The van der Waals surface area contributed by atoms with Gasteiger partial charge < -0.3 is 0 Å². The van der Waals surface area contributed by atoms with E-state index in [9.17, 15) is 0 Å². The van der Waals surface area contributed by atoms with Crippen LogP contribution in [-0.4, -0.2) is 0 Å². The summed E-state index contributed by atoms with van der Waals surface area (Å²) in [6.07, 6.45) is 7.92. The lowest BCUT2D eigenvalue weighted by molar-refractivity contribution is 0.901. The number of rotatable bonds is 2. The summed E-state index contributed by atoms with van der Waals surface area (Å²) in [5.41, 5.74) is 3.52. The number of allylic oxidation sites excluding steroid dienone is 4. The minimum Gasteiger partial charge on any atom is -0.102 e. The molecule has 2 fully saturated rings. The maximum atomic E-state index is 3.82. The van der Waals surface area contributed by atoms with Crippen molar-refractivity contribution in [2.24, 2.45) is 5.41 Å². The van der Waals surface area contributed by atoms with E-state index < -0.39 is 0 Å². The highest BCUT2D eigenvalue weighted by atomic mass is 14.5. The Morgan fingerprint density at radius 1 is 1.20 bits per heavy atom. The second-order valence-electron chi connectivity index (χ2n) is 3.21. The Morgan fingerprint density at radius 3 is 2.10 bits per heavy atom. The molecule has 0 nitrogen and oxygen atoms in total. The zero-order chi connectivity index (χ0) is 7.19. The molecule has 10 heavy (non-hydrogen) atoms. The molecule has 2 aliphatic carbocycles. The maximum absolute atomic E-state index is 3.82. The molecule has 0 heterocycles. The van der Waals surface area contributed by atoms with Crippen LogP contribution in [0.1, 0.15) is 19.3 Å². The van der Waals surface area contributed by atoms with Crippen molar-refractivity contribution in [3.8, 4) is 0 Å². The molecule has 0 spiro atoms. The van der Waals surface area contributed by atoms with Crippen LogP contribution in [0.3, 0.4) is 0 Å². The summed E-state index contributed by atoms with van der Waals surface area (Å²) in [5.74, 6) is 0. The summed E-state index contributed by atoms with van der Waals surface area (Å²) < 4.78 is 0. The number of hydrogen-bond acceptors (Lipinski definition) is 0. The van der Waals surface area contributed by atoms with Gasteiger partial charge in [-0.1, -0.05) is 23.3 Å². The third kappa shape index (κ3) is 0.620. The summed E-state index contributed by atoms with van der Waals surface area (Å²) in [6.45, 7) is 7.64. The largest absolute Gasteiger partial charge is 0.102 e. The quantitative estimate of drug-likeness (QED) is 0.507. The monoisotopic (exact) mass is 132 g/mol. The Bertz CT molecular complexity index is 216. The van der Waals surface area contributed by atoms with Crippen molar-refractivity contribution in [2.75, 3.05) is 0 Å². The van der Waals surface area contributed by atoms with E-state index in [1.807, 2.05) is 12.2 Å². The zero-order valence-electron chi connectivity index (χ0n) is 6.19. The fraction of sp³-hybridized carbons (Fsp3) is 0.400. The fourth-order valence-corrected chi connectivity index (χ4v) is 1.54. The molecule has 0 saturated heterocycles. The lowest BCUT2D eigenvalue weighted by atomic mass is 10.1. The normalized spacial score (nSPS) is 26.0. The first-order valence-corrected chi connectivity index (χ1v) is 3.81. The van der Waals surface area contributed by atoms with Crippen molar-refractivity contribution in [3.63, 3.8) is 0 Å². The Labute approximate surface area is 61.9 Å². The van der Waals surface area contributed by atoms with Crippen molar-refractivity contribution in [1.29, 1.82) is 0 Å². The van der Waals surface area contributed by atoms with E-state index in [1.54, 1.807) is 11.1 Å². The first-order valence-electron chi connectivity index (χ1n) is 3.81. The Balaban J connectivity index is 2.29. The smallest absolute Gasteiger partial charge is 0.0307 e. The minimum absolute atomic E-state index is 0.242. The molecule has 0 unspecified atom stereocenters. The Kier molecular flexibility index (Phi) is 0.971. The second kappa shape index (κ2) is 1.63. The van der Waals surface area contributed by atoms with Crippen molar-refractivity contribution in [1.82, 2.24) is 0 Å². The van der Waals surface area contributed by atoms with E-state index in [4.69, 9.17) is 0 Å². The van der Waals surface area contributed by atoms with E-state index in [2.05, 4.69) is 13.2 Å². The van der Waals surface area contributed by atoms with E-state index in [0.29, 0.717) is 0 Å². The predicted molar refractivity (Wildman–Crippen MR) is 43.7 cm³/mol. The molecule has 0 aromatic heterocycles. The van der Waals surface area contributed by atoms with Gasteiger partial charge in [-0.15, -0.1) is 13.2 Å². The van der Waals surface area contributed by atoms with Crippen LogP contribution in [0.15, 0.2) is 36.5 Å². The van der Waals surface area contributed by atoms with Gasteiger partial charge >= 0.3 is 0 Å². The highest BCUT2D eigenvalue weighted by molar-refractivity contribution is 5.50. The molecule has 52 valence electrons. The van der Waals surface area contributed by atoms with Crippen LogP contribution in [-0.2, 0) is 0 Å². The van der Waals surface area contributed by atoms with Crippen LogP contribution in [0.25, 0.3) is 0 Å². The van der Waals surface area contributed by atoms with E-state index in [1.165, 1.54) is 19.3 Å². The lowest BCUT2D eigenvalue weighted by Gasteiger charge is -1.96. The average molecular weight is 132 g/mol. The first kappa shape index (κ1) is 5.96. The van der Waals surface area contributed by atoms with Crippen LogP contribution >= 0.6 is 0 Å². The highest BCUT2D eigenvalue weighted by Gasteiger charge is 2.46. The first-order chi connectivity index (χ1) is 4.82. The van der Waals surface area contributed by atoms with Gasteiger partial charge in [-0.2, -0.15) is 0 Å². The Hall–Kier alpha value is -0.780. The molecule has 2 rings (SSSR count). The predicted octanol–water partition coefficient (Wildman–Crippen LogP) is 2.84. The molecule has 0 heteroatoms. The van der Waals surface area contributed by atoms with Crippen molar-refractivity contribution in [2.45, 2.75) is 19.3 Å². The van der Waals surface area contributed by atoms with Gasteiger partial charge in [0.05, 0.1) is 0 Å². The van der Waals surface area contributed by atoms with Gasteiger partial charge in [0.15, 0.2) is 0 Å². The molecule has 2 aliphatic rings. The standard InChI is InChI=1S/C10H12/c1-3-10(4-2)7-9(10)8-5-6-8/h3-4H,1-2,5-7H2. The summed E-state index contributed by atoms with van der Waals surface area (Å²) >= 11 is 0. The van der Waals surface area contributed by atoms with Crippen molar-refractivity contribution < 1.29 is 0 Å². The van der Waals surface area contributed by atoms with Gasteiger partial charge in [-0.3, -0.25) is 0 Å². The molecule has 0 atom stereocenters. The highest BCUT2D eigenvalue weighted by Crippen LogP contribution is 2.59. The molecule has 0 radical (unpaired) electrons. The summed E-state index contributed by atoms with van der Waals surface area (Å²) in [7, 11) is 0. The summed E-state index contributed by atoms with van der Waals surface area (Å²) in [6, 6.07) is 0. The summed E-state index contributed by atoms with van der Waals surface area (Å²) in [4.78, 5) is 0. The van der Waals surface area contributed by atoms with Gasteiger partial charge in [-0.05, 0) is 19.3 Å². The van der Waals surface area contributed by atoms with Gasteiger partial charge in [0.25, 0.3) is 0 Å². The van der Waals surface area contributed by atoms with Gasteiger partial charge in [0.2, 0.25) is 0 Å². The molecular weight excluding hydrogens is 120 g/mol. The lowest BCUT2D eigenvalue weighted by Crippen LogP contribution is -1.85. The molecule has 0 N–H and O–H groups in total. The van der Waals surface area contributed by atoms with E-state index >= 15 is 0 Å². The molecule has 2 saturated carbocycles. The van der Waals surface area contributed by atoms with Crippen LogP contribution in [0.5, 0.6) is 0 Å². The molecule has 0 amide bonds. The van der Waals surface area contributed by atoms with Crippen LogP contribution in [0, 0.1) is 5.41 Å². The fourth-order valence-electron chi connectivity index (χ4n) is 1.54. The Morgan fingerprint density at radius 2 is 1.80 bits per heavy atom. The minimum atomic E-state index is 0.242. The van der Waals surface area contributed by atoms with Gasteiger partial charge in [-0.25, -0.2) is 0 Å². The van der Waals surface area contributed by atoms with Crippen LogP contribution < -0.4 is 0 Å². The van der Waals surface area contributed by atoms with Crippen LogP contribution in [0.4, 0.5) is 0 Å². The van der Waals surface area contributed by atoms with Crippen molar-refractivity contribution >= 4 is 0 Å². The molecule has 0 aliphatic heterocycles. The molecule has 0 aromatic carbocycles. The molecule has 0 aromatic rings. The molecular formula is C10H12. The van der Waals surface area contributed by atoms with Crippen LogP contribution in [0.2, 0.25) is 0 Å². The third-order valence-electron chi connectivity index (χ3n) is 2.56. The van der Waals surface area contributed by atoms with E-state index in [0.717, 1.165) is 0 Å². The maximum Gasteiger partial charge on any atom is 0.0307 e. The van der Waals surface area contributed by atoms with Gasteiger partial charge in [0, 0.05) is 5.41 Å². The topological polar surface area (TPSA) is 0 Å². The SMILES string of the molecule is C=CC1(C=C)CC1=C1CC1. The number of hydrogen-bond donors (Lipinski definition) is 0. The van der Waals surface area contributed by atoms with Gasteiger partial charge in [0.1, 0.15) is 0 Å². The van der Waals surface area contributed by atoms with E-state index in [-0.39, 0.29) is 5.41 Å². The molecule has 0 bridgehead atoms. The average Bonchev–Trinajstić information content (AvgIpc) is 2.84. The second-order valence-corrected chi connectivity index (χ2v) is 3.21. The van der Waals surface area contributed by atoms with Crippen molar-refractivity contribution in [3.05, 3.63) is 36.5 Å².